The van der Waals surface area contributed by atoms with Crippen LogP contribution in [0.2, 0.25) is 0 Å². The van der Waals surface area contributed by atoms with E-state index in [9.17, 15) is 14.4 Å². The topological polar surface area (TPSA) is 88.1 Å². The first kappa shape index (κ1) is 33.2. The maximum atomic E-state index is 13.0. The Hall–Kier alpha value is -6.21. The van der Waals surface area contributed by atoms with Crippen molar-refractivity contribution in [3.8, 4) is 17.2 Å². The average molecular weight is 639 g/mol. The number of hydrogen-bond donors (Lipinski definition) is 0. The maximum absolute atomic E-state index is 13.0. The minimum Gasteiger partial charge on any atom is -0.497 e. The predicted molar refractivity (Wildman–Crippen MR) is 186 cm³/mol. The molecule has 0 amide bonds. The van der Waals surface area contributed by atoms with Crippen LogP contribution in [0.15, 0.2) is 146 Å². The third-order valence-electron chi connectivity index (χ3n) is 7.20. The Kier molecular flexibility index (Phi) is 11.7. The molecule has 0 aliphatic rings. The largest absolute Gasteiger partial charge is 0.497 e. The van der Waals surface area contributed by atoms with Gasteiger partial charge in [-0.15, -0.1) is 0 Å². The van der Waals surface area contributed by atoms with E-state index in [0.717, 1.165) is 11.1 Å². The highest BCUT2D eigenvalue weighted by Gasteiger charge is 2.19. The second-order valence-electron chi connectivity index (χ2n) is 10.6. The van der Waals surface area contributed by atoms with Crippen molar-refractivity contribution in [2.75, 3.05) is 20.3 Å². The number of methoxy groups -OCH3 is 1. The molecular formula is C41H34O7. The number of benzene rings is 5. The van der Waals surface area contributed by atoms with Crippen molar-refractivity contribution in [3.05, 3.63) is 173 Å². The van der Waals surface area contributed by atoms with Crippen LogP contribution < -0.4 is 14.2 Å². The standard InChI is InChI=1S/C41H34O7/c1-45-35-22-18-34(19-23-35)41(44)48-38(28-46-36-20-12-31(13-21-36)15-27-39(42)32-10-6-3-7-11-32)29-47-37-24-16-33(17-25-37)40(43)26-14-30-8-4-2-5-9-30/h2-27,38H,28-29H2,1H3/b26-14-,27-15+/t38-/m0/s1. The number of carbonyl (C=O) groups is 3. The van der Waals surface area contributed by atoms with Crippen molar-refractivity contribution < 1.29 is 33.3 Å². The fourth-order valence-corrected chi connectivity index (χ4v) is 4.53. The number of ketones is 2. The minimum atomic E-state index is -0.766. The lowest BCUT2D eigenvalue weighted by atomic mass is 10.1. The number of carbonyl (C=O) groups excluding carboxylic acids is 3. The number of rotatable bonds is 15. The molecule has 0 spiro atoms. The average Bonchev–Trinajstić information content (AvgIpc) is 3.15. The summed E-state index contributed by atoms with van der Waals surface area (Å²) in [5.41, 5.74) is 3.25. The third kappa shape index (κ3) is 9.89. The van der Waals surface area contributed by atoms with Crippen LogP contribution in [0.4, 0.5) is 0 Å². The van der Waals surface area contributed by atoms with Gasteiger partial charge in [-0.25, -0.2) is 4.79 Å². The Morgan fingerprint density at radius 3 is 1.50 bits per heavy atom. The molecule has 0 heterocycles. The summed E-state index contributed by atoms with van der Waals surface area (Å²) in [6, 6.07) is 39.2. The zero-order valence-corrected chi connectivity index (χ0v) is 26.4. The molecule has 0 aromatic heterocycles. The van der Waals surface area contributed by atoms with E-state index in [2.05, 4.69) is 0 Å². The van der Waals surface area contributed by atoms with Crippen molar-refractivity contribution in [1.29, 1.82) is 0 Å². The van der Waals surface area contributed by atoms with Gasteiger partial charge in [-0.05, 0) is 83.9 Å². The van der Waals surface area contributed by atoms with E-state index in [0.29, 0.717) is 33.9 Å². The van der Waals surface area contributed by atoms with Crippen LogP contribution >= 0.6 is 0 Å². The molecule has 0 N–H and O–H groups in total. The molecule has 0 bridgehead atoms. The molecule has 0 fully saturated rings. The second-order valence-corrected chi connectivity index (χ2v) is 10.6. The van der Waals surface area contributed by atoms with Crippen molar-refractivity contribution in [2.24, 2.45) is 0 Å². The van der Waals surface area contributed by atoms with E-state index >= 15 is 0 Å². The Morgan fingerprint density at radius 1 is 0.521 bits per heavy atom. The summed E-state index contributed by atoms with van der Waals surface area (Å²) in [5, 5.41) is 0. The molecule has 0 saturated heterocycles. The number of allylic oxidation sites excluding steroid dienone is 2. The molecule has 7 nitrogen and oxygen atoms in total. The van der Waals surface area contributed by atoms with Crippen molar-refractivity contribution >= 4 is 29.7 Å². The minimum absolute atomic E-state index is 0.00547. The lowest BCUT2D eigenvalue weighted by molar-refractivity contribution is 0.00257. The molecule has 5 rings (SSSR count). The van der Waals surface area contributed by atoms with Gasteiger partial charge in [0, 0.05) is 11.1 Å². The molecular weight excluding hydrogens is 604 g/mol. The first-order chi connectivity index (χ1) is 23.5. The molecule has 0 saturated carbocycles. The normalized spacial score (nSPS) is 11.6. The number of ether oxygens (including phenoxy) is 4. The van der Waals surface area contributed by atoms with Gasteiger partial charge in [0.05, 0.1) is 12.7 Å². The quantitative estimate of drug-likeness (QED) is 0.0649. The van der Waals surface area contributed by atoms with E-state index < -0.39 is 12.1 Å². The van der Waals surface area contributed by atoms with E-state index in [4.69, 9.17) is 18.9 Å². The summed E-state index contributed by atoms with van der Waals surface area (Å²) in [6.07, 6.45) is 5.81. The zero-order valence-electron chi connectivity index (χ0n) is 26.4. The van der Waals surface area contributed by atoms with Gasteiger partial charge in [0.25, 0.3) is 0 Å². The van der Waals surface area contributed by atoms with Crippen LogP contribution in [-0.4, -0.2) is 44.0 Å². The van der Waals surface area contributed by atoms with E-state index in [1.54, 1.807) is 92.1 Å². The first-order valence-electron chi connectivity index (χ1n) is 15.3. The summed E-state index contributed by atoms with van der Waals surface area (Å²) in [6.45, 7) is 0.0238. The van der Waals surface area contributed by atoms with Gasteiger partial charge < -0.3 is 18.9 Å². The van der Waals surface area contributed by atoms with Gasteiger partial charge in [-0.3, -0.25) is 9.59 Å². The van der Waals surface area contributed by atoms with Crippen LogP contribution in [0.1, 0.15) is 42.2 Å². The summed E-state index contributed by atoms with van der Waals surface area (Å²) < 4.78 is 22.9. The van der Waals surface area contributed by atoms with Gasteiger partial charge in [0.1, 0.15) is 30.5 Å². The van der Waals surface area contributed by atoms with Crippen LogP contribution in [0.3, 0.4) is 0 Å². The lowest BCUT2D eigenvalue weighted by Crippen LogP contribution is -2.31. The fourth-order valence-electron chi connectivity index (χ4n) is 4.53. The smallest absolute Gasteiger partial charge is 0.338 e. The van der Waals surface area contributed by atoms with Crippen LogP contribution in [0.5, 0.6) is 17.2 Å². The molecule has 48 heavy (non-hydrogen) atoms. The van der Waals surface area contributed by atoms with Gasteiger partial charge in [-0.1, -0.05) is 84.9 Å². The summed E-state index contributed by atoms with van der Waals surface area (Å²) in [4.78, 5) is 38.0. The highest BCUT2D eigenvalue weighted by atomic mass is 16.6. The molecule has 7 heteroatoms. The summed E-state index contributed by atoms with van der Waals surface area (Å²) >= 11 is 0. The van der Waals surface area contributed by atoms with Crippen LogP contribution in [0.25, 0.3) is 12.2 Å². The Bertz CT molecular complexity index is 1840. The zero-order chi connectivity index (χ0) is 33.6. The fraction of sp³-hybridized carbons (Fsp3) is 0.0976. The maximum Gasteiger partial charge on any atom is 0.338 e. The van der Waals surface area contributed by atoms with E-state index in [-0.39, 0.29) is 24.8 Å². The first-order valence-corrected chi connectivity index (χ1v) is 15.3. The molecule has 0 aliphatic heterocycles. The highest BCUT2D eigenvalue weighted by Crippen LogP contribution is 2.18. The highest BCUT2D eigenvalue weighted by molar-refractivity contribution is 6.07. The molecule has 5 aromatic carbocycles. The Labute approximate surface area is 279 Å². The van der Waals surface area contributed by atoms with Gasteiger partial charge >= 0.3 is 5.97 Å². The molecule has 1 atom stereocenters. The van der Waals surface area contributed by atoms with E-state index in [1.165, 1.54) is 12.2 Å². The summed E-state index contributed by atoms with van der Waals surface area (Å²) in [7, 11) is 1.55. The van der Waals surface area contributed by atoms with Crippen molar-refractivity contribution in [3.63, 3.8) is 0 Å². The SMILES string of the molecule is COc1ccc(C(=O)O[C@@H](COc2ccc(/C=C/C(=O)c3ccccc3)cc2)COc2ccc(C(=O)/C=C\c3ccccc3)cc2)cc1. The molecule has 0 aliphatic carbocycles. The summed E-state index contributed by atoms with van der Waals surface area (Å²) in [5.74, 6) is 0.927. The van der Waals surface area contributed by atoms with E-state index in [1.807, 2.05) is 60.7 Å². The van der Waals surface area contributed by atoms with Gasteiger partial charge in [0.2, 0.25) is 0 Å². The number of hydrogen-bond acceptors (Lipinski definition) is 7. The molecule has 240 valence electrons. The lowest BCUT2D eigenvalue weighted by Gasteiger charge is -2.19. The van der Waals surface area contributed by atoms with Crippen LogP contribution in [0, 0.1) is 0 Å². The van der Waals surface area contributed by atoms with Gasteiger partial charge in [-0.2, -0.15) is 0 Å². The molecule has 0 radical (unpaired) electrons. The Balaban J connectivity index is 1.20. The number of esters is 1. The van der Waals surface area contributed by atoms with Crippen molar-refractivity contribution in [1.82, 2.24) is 0 Å². The monoisotopic (exact) mass is 638 g/mol. The molecule has 5 aromatic rings. The predicted octanol–water partition coefficient (Wildman–Crippen LogP) is 8.17. The van der Waals surface area contributed by atoms with Crippen molar-refractivity contribution in [2.45, 2.75) is 6.10 Å². The molecule has 0 unspecified atom stereocenters. The second kappa shape index (κ2) is 16.9. The van der Waals surface area contributed by atoms with Gasteiger partial charge in [0.15, 0.2) is 17.7 Å². The third-order valence-corrected chi connectivity index (χ3v) is 7.20. The van der Waals surface area contributed by atoms with Crippen LogP contribution in [-0.2, 0) is 4.74 Å². The Morgan fingerprint density at radius 2 is 0.958 bits per heavy atom.